The van der Waals surface area contributed by atoms with Crippen LogP contribution in [0.15, 0.2) is 34.5 Å². The summed E-state index contributed by atoms with van der Waals surface area (Å²) in [5.74, 6) is 0. The van der Waals surface area contributed by atoms with Crippen molar-refractivity contribution in [1.29, 1.82) is 0 Å². The molecule has 0 fully saturated rings. The van der Waals surface area contributed by atoms with Gasteiger partial charge in [-0.25, -0.2) is 13.1 Å². The molecule has 0 bridgehead atoms. The summed E-state index contributed by atoms with van der Waals surface area (Å²) in [4.78, 5) is 1.56. The molecule has 6 heteroatoms. The summed E-state index contributed by atoms with van der Waals surface area (Å²) in [6, 6.07) is 7.68. The smallest absolute Gasteiger partial charge is 0.241 e. The van der Waals surface area contributed by atoms with Gasteiger partial charge in [-0.2, -0.15) is 0 Å². The molecule has 0 aliphatic carbocycles. The van der Waals surface area contributed by atoms with E-state index in [4.69, 9.17) is 0 Å². The van der Waals surface area contributed by atoms with E-state index in [0.717, 1.165) is 16.8 Å². The first-order chi connectivity index (χ1) is 9.94. The maximum Gasteiger partial charge on any atom is 0.241 e. The number of anilines is 1. The van der Waals surface area contributed by atoms with Crippen molar-refractivity contribution in [2.75, 3.05) is 18.9 Å². The minimum atomic E-state index is -3.47. The van der Waals surface area contributed by atoms with Gasteiger partial charge < -0.3 is 5.32 Å². The summed E-state index contributed by atoms with van der Waals surface area (Å²) >= 11 is 1.64. The fourth-order valence-corrected chi connectivity index (χ4v) is 4.54. The van der Waals surface area contributed by atoms with Gasteiger partial charge in [0.25, 0.3) is 0 Å². The number of sulfonamides is 1. The van der Waals surface area contributed by atoms with Crippen molar-refractivity contribution in [1.82, 2.24) is 4.72 Å². The lowest BCUT2D eigenvalue weighted by molar-refractivity contribution is 0.580. The summed E-state index contributed by atoms with van der Waals surface area (Å²) in [7, 11) is -1.65. The van der Waals surface area contributed by atoms with Crippen molar-refractivity contribution in [2.45, 2.75) is 25.2 Å². The van der Waals surface area contributed by atoms with Crippen molar-refractivity contribution in [2.24, 2.45) is 0 Å². The van der Waals surface area contributed by atoms with E-state index in [1.54, 1.807) is 11.3 Å². The van der Waals surface area contributed by atoms with Gasteiger partial charge in [0.2, 0.25) is 10.0 Å². The molecule has 0 unspecified atom stereocenters. The second kappa shape index (κ2) is 6.60. The summed E-state index contributed by atoms with van der Waals surface area (Å²) in [5, 5.41) is 5.03. The summed E-state index contributed by atoms with van der Waals surface area (Å²) in [6.45, 7) is 4.05. The molecule has 4 nitrogen and oxygen atoms in total. The van der Waals surface area contributed by atoms with E-state index in [9.17, 15) is 8.42 Å². The van der Waals surface area contributed by atoms with Crippen LogP contribution in [0.25, 0.3) is 0 Å². The zero-order chi connectivity index (χ0) is 15.5. The third kappa shape index (κ3) is 3.84. The number of rotatable bonds is 6. The fraction of sp³-hybridized carbons (Fsp3) is 0.333. The van der Waals surface area contributed by atoms with E-state index >= 15 is 0 Å². The van der Waals surface area contributed by atoms with Crippen LogP contribution in [0.1, 0.15) is 16.0 Å². The third-order valence-corrected chi connectivity index (χ3v) is 5.96. The topological polar surface area (TPSA) is 58.2 Å². The Bertz CT molecular complexity index is 684. The van der Waals surface area contributed by atoms with Crippen LogP contribution >= 0.6 is 11.3 Å². The average molecular weight is 324 g/mol. The highest BCUT2D eigenvalue weighted by molar-refractivity contribution is 7.89. The van der Waals surface area contributed by atoms with Gasteiger partial charge >= 0.3 is 0 Å². The fourth-order valence-electron chi connectivity index (χ4n) is 2.35. The van der Waals surface area contributed by atoms with Gasteiger partial charge in [0.05, 0.1) is 4.90 Å². The van der Waals surface area contributed by atoms with Crippen LogP contribution in [0.5, 0.6) is 0 Å². The zero-order valence-corrected chi connectivity index (χ0v) is 14.1. The summed E-state index contributed by atoms with van der Waals surface area (Å²) in [6.07, 6.45) is 0.712. The monoisotopic (exact) mass is 324 g/mol. The Balaban J connectivity index is 2.15. The normalized spacial score (nSPS) is 11.6. The number of thiophene rings is 1. The van der Waals surface area contributed by atoms with Crippen molar-refractivity contribution >= 4 is 27.0 Å². The number of benzene rings is 1. The van der Waals surface area contributed by atoms with Gasteiger partial charge in [0.15, 0.2) is 0 Å². The molecule has 21 heavy (non-hydrogen) atoms. The van der Waals surface area contributed by atoms with E-state index in [0.29, 0.717) is 17.9 Å². The van der Waals surface area contributed by atoms with Crippen LogP contribution < -0.4 is 10.0 Å². The van der Waals surface area contributed by atoms with Gasteiger partial charge in [-0.3, -0.25) is 0 Å². The van der Waals surface area contributed by atoms with Gasteiger partial charge in [-0.15, -0.1) is 11.3 Å². The molecule has 1 aromatic heterocycles. The number of aryl methyl sites for hydroxylation is 2. The predicted molar refractivity (Wildman–Crippen MR) is 88.7 cm³/mol. The Morgan fingerprint density at radius 1 is 1.19 bits per heavy atom. The Morgan fingerprint density at radius 2 is 1.86 bits per heavy atom. The SMILES string of the molecule is CNc1cc(C)c(S(=O)(=O)NCCc2cccs2)c(C)c1. The highest BCUT2D eigenvalue weighted by atomic mass is 32.2. The highest BCUT2D eigenvalue weighted by Gasteiger charge is 2.19. The molecule has 114 valence electrons. The van der Waals surface area contributed by atoms with E-state index in [1.165, 1.54) is 4.88 Å². The molecule has 1 heterocycles. The lowest BCUT2D eigenvalue weighted by atomic mass is 10.1. The van der Waals surface area contributed by atoms with Gasteiger partial charge in [0.1, 0.15) is 0 Å². The van der Waals surface area contributed by atoms with Crippen LogP contribution in [0.4, 0.5) is 5.69 Å². The number of hydrogen-bond acceptors (Lipinski definition) is 4. The largest absolute Gasteiger partial charge is 0.388 e. The molecule has 0 spiro atoms. The van der Waals surface area contributed by atoms with Crippen LogP contribution in [-0.2, 0) is 16.4 Å². The van der Waals surface area contributed by atoms with E-state index in [-0.39, 0.29) is 0 Å². The molecule has 1 aromatic carbocycles. The first-order valence-corrected chi connectivity index (χ1v) is 9.11. The molecule has 2 aromatic rings. The van der Waals surface area contributed by atoms with Gasteiger partial charge in [-0.05, 0) is 55.0 Å². The molecule has 0 radical (unpaired) electrons. The molecule has 0 aliphatic heterocycles. The van der Waals surface area contributed by atoms with E-state index in [2.05, 4.69) is 10.0 Å². The van der Waals surface area contributed by atoms with Crippen molar-refractivity contribution in [3.8, 4) is 0 Å². The lowest BCUT2D eigenvalue weighted by Crippen LogP contribution is -2.27. The van der Waals surface area contributed by atoms with Gasteiger partial charge in [0, 0.05) is 24.2 Å². The standard InChI is InChI=1S/C15H20N2O2S2/c1-11-9-13(16-3)10-12(2)15(11)21(18,19)17-7-6-14-5-4-8-20-14/h4-5,8-10,16-17H,6-7H2,1-3H3. The zero-order valence-electron chi connectivity index (χ0n) is 12.4. The van der Waals surface area contributed by atoms with Crippen LogP contribution in [0.2, 0.25) is 0 Å². The molecular weight excluding hydrogens is 304 g/mol. The Labute approximate surface area is 130 Å². The van der Waals surface area contributed by atoms with Crippen LogP contribution in [0.3, 0.4) is 0 Å². The first kappa shape index (κ1) is 16.0. The molecule has 0 amide bonds. The van der Waals surface area contributed by atoms with E-state index in [1.807, 2.05) is 50.5 Å². The molecule has 0 saturated heterocycles. The number of hydrogen-bond donors (Lipinski definition) is 2. The second-order valence-electron chi connectivity index (χ2n) is 4.92. The van der Waals surface area contributed by atoms with Crippen molar-refractivity contribution < 1.29 is 8.42 Å². The van der Waals surface area contributed by atoms with Crippen molar-refractivity contribution in [3.05, 3.63) is 45.6 Å². The summed E-state index contributed by atoms with van der Waals surface area (Å²) in [5.41, 5.74) is 2.42. The second-order valence-corrected chi connectivity index (χ2v) is 7.65. The average Bonchev–Trinajstić information content (AvgIpc) is 2.90. The Morgan fingerprint density at radius 3 is 2.38 bits per heavy atom. The van der Waals surface area contributed by atoms with Gasteiger partial charge in [-0.1, -0.05) is 6.07 Å². The molecular formula is C15H20N2O2S2. The molecule has 2 N–H and O–H groups in total. The highest BCUT2D eigenvalue weighted by Crippen LogP contribution is 2.24. The summed E-state index contributed by atoms with van der Waals surface area (Å²) < 4.78 is 27.6. The third-order valence-electron chi connectivity index (χ3n) is 3.26. The van der Waals surface area contributed by atoms with Crippen LogP contribution in [-0.4, -0.2) is 22.0 Å². The first-order valence-electron chi connectivity index (χ1n) is 6.75. The maximum absolute atomic E-state index is 12.5. The van der Waals surface area contributed by atoms with Crippen LogP contribution in [0, 0.1) is 13.8 Å². The number of nitrogens with one attached hydrogen (secondary N) is 2. The molecule has 2 rings (SSSR count). The molecule has 0 saturated carbocycles. The minimum absolute atomic E-state index is 0.382. The van der Waals surface area contributed by atoms with Crippen molar-refractivity contribution in [3.63, 3.8) is 0 Å². The predicted octanol–water partition coefficient (Wildman–Crippen LogP) is 2.93. The quantitative estimate of drug-likeness (QED) is 0.859. The minimum Gasteiger partial charge on any atom is -0.388 e. The Hall–Kier alpha value is -1.37. The van der Waals surface area contributed by atoms with E-state index < -0.39 is 10.0 Å². The Kier molecular flexibility index (Phi) is 5.03. The molecule has 0 atom stereocenters. The maximum atomic E-state index is 12.5. The lowest BCUT2D eigenvalue weighted by Gasteiger charge is -2.14. The molecule has 0 aliphatic rings.